The molecule has 1 saturated heterocycles. The summed E-state index contributed by atoms with van der Waals surface area (Å²) in [6.45, 7) is 2.80. The number of carbonyl (C=O) groups is 2. The SMILES string of the molecule is COc1ccccc1N1CCN(C(=O)CC2(CC(=O)[O-])CCCC2)CC1. The molecule has 2 aliphatic rings. The Balaban J connectivity index is 1.59. The largest absolute Gasteiger partial charge is 0.550 e. The molecule has 1 amide bonds. The molecule has 0 aromatic heterocycles. The summed E-state index contributed by atoms with van der Waals surface area (Å²) in [6, 6.07) is 7.90. The van der Waals surface area contributed by atoms with Crippen molar-refractivity contribution >= 4 is 17.6 Å². The van der Waals surface area contributed by atoms with Gasteiger partial charge >= 0.3 is 0 Å². The van der Waals surface area contributed by atoms with Crippen molar-refractivity contribution in [3.05, 3.63) is 24.3 Å². The van der Waals surface area contributed by atoms with Crippen molar-refractivity contribution in [2.75, 3.05) is 38.2 Å². The summed E-state index contributed by atoms with van der Waals surface area (Å²) in [5, 5.41) is 11.1. The molecule has 0 spiro atoms. The minimum absolute atomic E-state index is 0.0000802. The fourth-order valence-electron chi connectivity index (χ4n) is 4.37. The van der Waals surface area contributed by atoms with Crippen LogP contribution in [0.15, 0.2) is 24.3 Å². The second-order valence-electron chi connectivity index (χ2n) is 7.47. The van der Waals surface area contributed by atoms with E-state index >= 15 is 0 Å². The third-order valence-corrected chi connectivity index (χ3v) is 5.77. The van der Waals surface area contributed by atoms with E-state index in [9.17, 15) is 14.7 Å². The summed E-state index contributed by atoms with van der Waals surface area (Å²) in [6.07, 6.45) is 3.96. The maximum atomic E-state index is 12.8. The van der Waals surface area contributed by atoms with Gasteiger partial charge in [-0.2, -0.15) is 0 Å². The van der Waals surface area contributed by atoms with Crippen molar-refractivity contribution in [2.24, 2.45) is 5.41 Å². The zero-order valence-electron chi connectivity index (χ0n) is 15.4. The summed E-state index contributed by atoms with van der Waals surface area (Å²) in [7, 11) is 1.66. The number of methoxy groups -OCH3 is 1. The molecule has 0 bridgehead atoms. The molecule has 0 radical (unpaired) electrons. The summed E-state index contributed by atoms with van der Waals surface area (Å²) < 4.78 is 5.43. The van der Waals surface area contributed by atoms with E-state index in [2.05, 4.69) is 4.90 Å². The Bertz CT molecular complexity index is 647. The quantitative estimate of drug-likeness (QED) is 0.768. The number of rotatable bonds is 6. The minimum Gasteiger partial charge on any atom is -0.550 e. The van der Waals surface area contributed by atoms with Gasteiger partial charge in [0.1, 0.15) is 5.75 Å². The van der Waals surface area contributed by atoms with Gasteiger partial charge < -0.3 is 24.4 Å². The van der Waals surface area contributed by atoms with E-state index in [0.717, 1.165) is 50.2 Å². The van der Waals surface area contributed by atoms with Gasteiger partial charge in [0.2, 0.25) is 5.91 Å². The van der Waals surface area contributed by atoms with Crippen LogP contribution in [0.5, 0.6) is 5.75 Å². The maximum Gasteiger partial charge on any atom is 0.223 e. The molecular formula is C20H27N2O4-. The molecule has 1 aliphatic heterocycles. The summed E-state index contributed by atoms with van der Waals surface area (Å²) in [5.41, 5.74) is 0.654. The topological polar surface area (TPSA) is 72.9 Å². The van der Waals surface area contributed by atoms with Crippen LogP contribution in [0.2, 0.25) is 0 Å². The molecule has 3 rings (SSSR count). The lowest BCUT2D eigenvalue weighted by Crippen LogP contribution is -2.50. The second kappa shape index (κ2) is 7.98. The average molecular weight is 359 g/mol. The smallest absolute Gasteiger partial charge is 0.223 e. The highest BCUT2D eigenvalue weighted by Crippen LogP contribution is 2.44. The highest BCUT2D eigenvalue weighted by Gasteiger charge is 2.37. The summed E-state index contributed by atoms with van der Waals surface area (Å²) in [4.78, 5) is 28.0. The van der Waals surface area contributed by atoms with Crippen LogP contribution in [0.3, 0.4) is 0 Å². The number of ether oxygens (including phenoxy) is 1. The number of amides is 1. The maximum absolute atomic E-state index is 12.8. The molecule has 0 N–H and O–H groups in total. The van der Waals surface area contributed by atoms with Crippen LogP contribution in [0.1, 0.15) is 38.5 Å². The standard InChI is InChI=1S/C20H28N2O4/c1-26-17-7-3-2-6-16(17)21-10-12-22(13-11-21)18(23)14-20(15-19(24)25)8-4-5-9-20/h2-3,6-7H,4-5,8-15H2,1H3,(H,24,25)/p-1. The number of hydrogen-bond acceptors (Lipinski definition) is 5. The highest BCUT2D eigenvalue weighted by atomic mass is 16.5. The van der Waals surface area contributed by atoms with Crippen molar-refractivity contribution in [2.45, 2.75) is 38.5 Å². The molecule has 6 heteroatoms. The van der Waals surface area contributed by atoms with Gasteiger partial charge in [0.05, 0.1) is 12.8 Å². The number of carbonyl (C=O) groups excluding carboxylic acids is 2. The molecule has 1 aliphatic carbocycles. The normalized spacial score (nSPS) is 19.4. The number of aliphatic carboxylic acids is 1. The Morgan fingerprint density at radius 3 is 2.35 bits per heavy atom. The minimum atomic E-state index is -1.04. The van der Waals surface area contributed by atoms with Gasteiger partial charge in [-0.25, -0.2) is 0 Å². The van der Waals surface area contributed by atoms with Gasteiger partial charge in [-0.05, 0) is 36.8 Å². The lowest BCUT2D eigenvalue weighted by Gasteiger charge is -2.38. The van der Waals surface area contributed by atoms with E-state index in [1.54, 1.807) is 7.11 Å². The number of carboxylic acids is 1. The lowest BCUT2D eigenvalue weighted by molar-refractivity contribution is -0.308. The number of anilines is 1. The monoisotopic (exact) mass is 359 g/mol. The van der Waals surface area contributed by atoms with Gasteiger partial charge in [0, 0.05) is 38.6 Å². The van der Waals surface area contributed by atoms with Gasteiger partial charge in [0.15, 0.2) is 0 Å². The van der Waals surface area contributed by atoms with Crippen molar-refractivity contribution in [1.29, 1.82) is 0 Å². The molecule has 0 atom stereocenters. The van der Waals surface area contributed by atoms with Gasteiger partial charge in [0.25, 0.3) is 0 Å². The third kappa shape index (κ3) is 4.11. The number of hydrogen-bond donors (Lipinski definition) is 0. The van der Waals surface area contributed by atoms with Gasteiger partial charge in [-0.15, -0.1) is 0 Å². The Labute approximate surface area is 154 Å². The van der Waals surface area contributed by atoms with E-state index in [1.807, 2.05) is 29.2 Å². The molecule has 6 nitrogen and oxygen atoms in total. The number of benzene rings is 1. The summed E-state index contributed by atoms with van der Waals surface area (Å²) in [5.74, 6) is -0.125. The molecule has 1 aromatic carbocycles. The molecule has 1 heterocycles. The number of carboxylic acid groups (broad SMARTS) is 1. The molecule has 1 aromatic rings. The van der Waals surface area contributed by atoms with E-state index in [0.29, 0.717) is 19.5 Å². The number of piperazine rings is 1. The average Bonchev–Trinajstić information content (AvgIpc) is 3.09. The van der Waals surface area contributed by atoms with E-state index < -0.39 is 11.4 Å². The number of para-hydroxylation sites is 2. The van der Waals surface area contributed by atoms with Crippen LogP contribution in [0, 0.1) is 5.41 Å². The Kier molecular flexibility index (Phi) is 5.69. The van der Waals surface area contributed by atoms with Crippen LogP contribution in [-0.4, -0.2) is 50.1 Å². The fourth-order valence-corrected chi connectivity index (χ4v) is 4.37. The first kappa shape index (κ1) is 18.5. The van der Waals surface area contributed by atoms with Crippen LogP contribution >= 0.6 is 0 Å². The first-order valence-electron chi connectivity index (χ1n) is 9.39. The number of nitrogens with zero attached hydrogens (tertiary/aromatic N) is 2. The Hall–Kier alpha value is -2.24. The molecule has 0 unspecified atom stereocenters. The molecule has 26 heavy (non-hydrogen) atoms. The molecule has 142 valence electrons. The van der Waals surface area contributed by atoms with Crippen molar-refractivity contribution in [1.82, 2.24) is 4.90 Å². The fraction of sp³-hybridized carbons (Fsp3) is 0.600. The van der Waals surface area contributed by atoms with Crippen molar-refractivity contribution in [3.8, 4) is 5.75 Å². The van der Waals surface area contributed by atoms with Gasteiger partial charge in [-0.3, -0.25) is 4.79 Å². The molecular weight excluding hydrogens is 332 g/mol. The predicted octanol–water partition coefficient (Wildman–Crippen LogP) is 1.43. The highest BCUT2D eigenvalue weighted by molar-refractivity contribution is 5.78. The van der Waals surface area contributed by atoms with Crippen LogP contribution < -0.4 is 14.7 Å². The van der Waals surface area contributed by atoms with E-state index in [4.69, 9.17) is 4.74 Å². The van der Waals surface area contributed by atoms with Gasteiger partial charge in [-0.1, -0.05) is 25.0 Å². The second-order valence-corrected chi connectivity index (χ2v) is 7.47. The Morgan fingerprint density at radius 2 is 1.73 bits per heavy atom. The third-order valence-electron chi connectivity index (χ3n) is 5.77. The van der Waals surface area contributed by atoms with Crippen molar-refractivity contribution in [3.63, 3.8) is 0 Å². The molecule has 2 fully saturated rings. The van der Waals surface area contributed by atoms with E-state index in [1.165, 1.54) is 0 Å². The van der Waals surface area contributed by atoms with E-state index in [-0.39, 0.29) is 12.3 Å². The van der Waals surface area contributed by atoms with Crippen LogP contribution in [0.4, 0.5) is 5.69 Å². The Morgan fingerprint density at radius 1 is 1.08 bits per heavy atom. The zero-order chi connectivity index (χ0) is 18.6. The summed E-state index contributed by atoms with van der Waals surface area (Å²) >= 11 is 0. The van der Waals surface area contributed by atoms with Crippen LogP contribution in [0.25, 0.3) is 0 Å². The lowest BCUT2D eigenvalue weighted by atomic mass is 9.79. The first-order chi connectivity index (χ1) is 12.5. The zero-order valence-corrected chi connectivity index (χ0v) is 15.4. The predicted molar refractivity (Wildman–Crippen MR) is 96.9 cm³/mol. The first-order valence-corrected chi connectivity index (χ1v) is 9.39. The molecule has 1 saturated carbocycles. The van der Waals surface area contributed by atoms with Crippen molar-refractivity contribution < 1.29 is 19.4 Å². The van der Waals surface area contributed by atoms with Crippen LogP contribution in [-0.2, 0) is 9.59 Å².